The molecule has 1 aromatic carbocycles. The Kier molecular flexibility index (Phi) is 4.04. The summed E-state index contributed by atoms with van der Waals surface area (Å²) in [6.07, 6.45) is 4.51. The van der Waals surface area contributed by atoms with Crippen molar-refractivity contribution < 1.29 is 14.3 Å². The minimum Gasteiger partial charge on any atom is -0.493 e. The SMILES string of the molecule is COc1ccccc1OC(C)C(=O)NC1CC2CCC1C2. The molecule has 2 saturated carbocycles. The Labute approximate surface area is 125 Å². The van der Waals surface area contributed by atoms with Crippen LogP contribution in [0.4, 0.5) is 0 Å². The van der Waals surface area contributed by atoms with Gasteiger partial charge in [-0.1, -0.05) is 18.6 Å². The first-order chi connectivity index (χ1) is 10.2. The van der Waals surface area contributed by atoms with Gasteiger partial charge in [-0.15, -0.1) is 0 Å². The van der Waals surface area contributed by atoms with Gasteiger partial charge in [0.25, 0.3) is 5.91 Å². The number of para-hydroxylation sites is 2. The average molecular weight is 289 g/mol. The first-order valence-corrected chi connectivity index (χ1v) is 7.77. The average Bonchev–Trinajstić information content (AvgIpc) is 3.10. The van der Waals surface area contributed by atoms with E-state index in [4.69, 9.17) is 9.47 Å². The molecule has 1 amide bonds. The zero-order valence-corrected chi connectivity index (χ0v) is 12.7. The van der Waals surface area contributed by atoms with Gasteiger partial charge in [0.1, 0.15) is 0 Å². The lowest BCUT2D eigenvalue weighted by Crippen LogP contribution is -2.44. The predicted octanol–water partition coefficient (Wildman–Crippen LogP) is 2.77. The standard InChI is InChI=1S/C17H23NO3/c1-11(21-16-6-4-3-5-15(16)20-2)17(19)18-14-10-12-7-8-13(14)9-12/h3-6,11-14H,7-10H2,1-2H3,(H,18,19). The van der Waals surface area contributed by atoms with Crippen LogP contribution in [0.15, 0.2) is 24.3 Å². The van der Waals surface area contributed by atoms with Gasteiger partial charge in [-0.3, -0.25) is 4.79 Å². The van der Waals surface area contributed by atoms with Gasteiger partial charge < -0.3 is 14.8 Å². The fraction of sp³-hybridized carbons (Fsp3) is 0.588. The van der Waals surface area contributed by atoms with Crippen molar-refractivity contribution in [1.82, 2.24) is 5.32 Å². The molecular weight excluding hydrogens is 266 g/mol. The Balaban J connectivity index is 1.57. The second kappa shape index (κ2) is 5.96. The smallest absolute Gasteiger partial charge is 0.261 e. The maximum absolute atomic E-state index is 12.3. The van der Waals surface area contributed by atoms with Crippen molar-refractivity contribution in [2.75, 3.05) is 7.11 Å². The number of benzene rings is 1. The van der Waals surface area contributed by atoms with E-state index in [9.17, 15) is 4.79 Å². The molecule has 3 rings (SSSR count). The molecule has 4 heteroatoms. The van der Waals surface area contributed by atoms with E-state index in [1.165, 1.54) is 19.3 Å². The van der Waals surface area contributed by atoms with Gasteiger partial charge in [-0.2, -0.15) is 0 Å². The van der Waals surface area contributed by atoms with Crippen LogP contribution in [0.5, 0.6) is 11.5 Å². The zero-order chi connectivity index (χ0) is 14.8. The predicted molar refractivity (Wildman–Crippen MR) is 80.5 cm³/mol. The summed E-state index contributed by atoms with van der Waals surface area (Å²) in [6, 6.07) is 7.75. The molecule has 4 nitrogen and oxygen atoms in total. The van der Waals surface area contributed by atoms with E-state index in [1.807, 2.05) is 24.3 Å². The van der Waals surface area contributed by atoms with Crippen LogP contribution >= 0.6 is 0 Å². The molecule has 0 radical (unpaired) electrons. The molecule has 0 aromatic heterocycles. The first kappa shape index (κ1) is 14.2. The van der Waals surface area contributed by atoms with Crippen LogP contribution in [0.25, 0.3) is 0 Å². The Morgan fingerprint density at radius 3 is 2.62 bits per heavy atom. The van der Waals surface area contributed by atoms with Crippen LogP contribution in [0, 0.1) is 11.8 Å². The van der Waals surface area contributed by atoms with Gasteiger partial charge in [-0.25, -0.2) is 0 Å². The third kappa shape index (κ3) is 2.99. The van der Waals surface area contributed by atoms with Gasteiger partial charge in [0.2, 0.25) is 0 Å². The summed E-state index contributed by atoms with van der Waals surface area (Å²) in [5, 5.41) is 3.16. The molecule has 2 aliphatic rings. The van der Waals surface area contributed by atoms with Crippen molar-refractivity contribution in [3.8, 4) is 11.5 Å². The number of amides is 1. The Morgan fingerprint density at radius 2 is 2.00 bits per heavy atom. The second-order valence-corrected chi connectivity index (χ2v) is 6.20. The van der Waals surface area contributed by atoms with Gasteiger partial charge >= 0.3 is 0 Å². The third-order valence-electron chi connectivity index (χ3n) is 4.81. The van der Waals surface area contributed by atoms with Gasteiger partial charge in [0.05, 0.1) is 7.11 Å². The lowest BCUT2D eigenvalue weighted by molar-refractivity contribution is -0.128. The van der Waals surface area contributed by atoms with Crippen LogP contribution in [0.1, 0.15) is 32.6 Å². The van der Waals surface area contributed by atoms with E-state index in [0.717, 1.165) is 12.3 Å². The van der Waals surface area contributed by atoms with E-state index in [0.29, 0.717) is 23.5 Å². The molecular formula is C17H23NO3. The molecule has 1 N–H and O–H groups in total. The molecule has 2 aliphatic carbocycles. The van der Waals surface area contributed by atoms with Crippen molar-refractivity contribution in [3.63, 3.8) is 0 Å². The van der Waals surface area contributed by atoms with Gasteiger partial charge in [0, 0.05) is 6.04 Å². The number of fused-ring (bicyclic) bond motifs is 2. The minimum atomic E-state index is -0.513. The molecule has 0 aliphatic heterocycles. The fourth-order valence-electron chi connectivity index (χ4n) is 3.68. The maximum Gasteiger partial charge on any atom is 0.261 e. The molecule has 2 fully saturated rings. The summed E-state index contributed by atoms with van der Waals surface area (Å²) >= 11 is 0. The number of hydrogen-bond donors (Lipinski definition) is 1. The van der Waals surface area contributed by atoms with E-state index in [2.05, 4.69) is 5.32 Å². The van der Waals surface area contributed by atoms with Gasteiger partial charge in [-0.05, 0) is 50.2 Å². The summed E-state index contributed by atoms with van der Waals surface area (Å²) in [7, 11) is 1.60. The largest absolute Gasteiger partial charge is 0.493 e. The molecule has 2 bridgehead atoms. The number of hydrogen-bond acceptors (Lipinski definition) is 3. The van der Waals surface area contributed by atoms with E-state index in [-0.39, 0.29) is 5.91 Å². The molecule has 21 heavy (non-hydrogen) atoms. The Hall–Kier alpha value is -1.71. The topological polar surface area (TPSA) is 47.6 Å². The highest BCUT2D eigenvalue weighted by atomic mass is 16.5. The van der Waals surface area contributed by atoms with E-state index in [1.54, 1.807) is 14.0 Å². The highest BCUT2D eigenvalue weighted by Gasteiger charge is 2.40. The summed E-state index contributed by atoms with van der Waals surface area (Å²) in [6.45, 7) is 1.79. The number of carbonyl (C=O) groups is 1. The molecule has 1 aromatic rings. The lowest BCUT2D eigenvalue weighted by Gasteiger charge is -2.25. The van der Waals surface area contributed by atoms with E-state index < -0.39 is 6.10 Å². The van der Waals surface area contributed by atoms with Crippen LogP contribution < -0.4 is 14.8 Å². The highest BCUT2D eigenvalue weighted by Crippen LogP contribution is 2.44. The molecule has 4 unspecified atom stereocenters. The number of carbonyl (C=O) groups excluding carboxylic acids is 1. The Bertz CT molecular complexity index is 517. The van der Waals surface area contributed by atoms with Gasteiger partial charge in [0.15, 0.2) is 17.6 Å². The quantitative estimate of drug-likeness (QED) is 0.906. The van der Waals surface area contributed by atoms with Crippen molar-refractivity contribution in [1.29, 1.82) is 0 Å². The molecule has 0 heterocycles. The number of methoxy groups -OCH3 is 1. The number of ether oxygens (including phenoxy) is 2. The summed E-state index contributed by atoms with van der Waals surface area (Å²) in [5.41, 5.74) is 0. The van der Waals surface area contributed by atoms with Crippen LogP contribution in [0.3, 0.4) is 0 Å². The lowest BCUT2D eigenvalue weighted by atomic mass is 9.95. The summed E-state index contributed by atoms with van der Waals surface area (Å²) < 4.78 is 11.0. The Morgan fingerprint density at radius 1 is 1.24 bits per heavy atom. The van der Waals surface area contributed by atoms with Crippen LogP contribution in [-0.4, -0.2) is 25.2 Å². The first-order valence-electron chi connectivity index (χ1n) is 7.77. The maximum atomic E-state index is 12.3. The monoisotopic (exact) mass is 289 g/mol. The van der Waals surface area contributed by atoms with Crippen molar-refractivity contribution >= 4 is 5.91 Å². The molecule has 0 spiro atoms. The second-order valence-electron chi connectivity index (χ2n) is 6.20. The normalized spacial score (nSPS) is 28.2. The molecule has 0 saturated heterocycles. The number of rotatable bonds is 5. The summed E-state index contributed by atoms with van der Waals surface area (Å²) in [4.78, 5) is 12.3. The van der Waals surface area contributed by atoms with Crippen LogP contribution in [-0.2, 0) is 4.79 Å². The molecule has 4 atom stereocenters. The highest BCUT2D eigenvalue weighted by molar-refractivity contribution is 5.81. The van der Waals surface area contributed by atoms with Crippen molar-refractivity contribution in [3.05, 3.63) is 24.3 Å². The van der Waals surface area contributed by atoms with Crippen molar-refractivity contribution in [2.24, 2.45) is 11.8 Å². The van der Waals surface area contributed by atoms with Crippen LogP contribution in [0.2, 0.25) is 0 Å². The fourth-order valence-corrected chi connectivity index (χ4v) is 3.68. The zero-order valence-electron chi connectivity index (χ0n) is 12.7. The third-order valence-corrected chi connectivity index (χ3v) is 4.81. The van der Waals surface area contributed by atoms with E-state index >= 15 is 0 Å². The van der Waals surface area contributed by atoms with Crippen molar-refractivity contribution in [2.45, 2.75) is 44.8 Å². The molecule has 114 valence electrons. The number of nitrogens with one attached hydrogen (secondary N) is 1. The summed E-state index contributed by atoms with van der Waals surface area (Å²) in [5.74, 6) is 2.73. The minimum absolute atomic E-state index is 0.0292.